The van der Waals surface area contributed by atoms with Crippen molar-refractivity contribution in [3.8, 4) is 11.4 Å². The molecule has 0 spiro atoms. The van der Waals surface area contributed by atoms with Gasteiger partial charge in [-0.2, -0.15) is 0 Å². The van der Waals surface area contributed by atoms with Crippen molar-refractivity contribution in [2.24, 2.45) is 0 Å². The van der Waals surface area contributed by atoms with Gasteiger partial charge >= 0.3 is 5.97 Å². The van der Waals surface area contributed by atoms with Gasteiger partial charge in [-0.15, -0.1) is 0 Å². The number of carboxylic acids is 1. The largest absolute Gasteiger partial charge is 0.495 e. The van der Waals surface area contributed by atoms with Gasteiger partial charge in [0.1, 0.15) is 5.75 Å². The van der Waals surface area contributed by atoms with E-state index in [1.165, 1.54) is 10.8 Å². The molecule has 2 aromatic rings. The lowest BCUT2D eigenvalue weighted by atomic mass is 10.2. The molecule has 0 fully saturated rings. The van der Waals surface area contributed by atoms with Crippen LogP contribution in [0.5, 0.6) is 5.75 Å². The van der Waals surface area contributed by atoms with E-state index in [-0.39, 0.29) is 5.82 Å². The fraction of sp³-hybridized carbons (Fsp3) is 0.167. The third-order valence-electron chi connectivity index (χ3n) is 2.43. The van der Waals surface area contributed by atoms with Gasteiger partial charge in [-0.1, -0.05) is 6.07 Å². The minimum Gasteiger partial charge on any atom is -0.495 e. The maximum atomic E-state index is 11.0. The Morgan fingerprint density at radius 1 is 1.47 bits per heavy atom. The summed E-state index contributed by atoms with van der Waals surface area (Å²) in [7, 11) is 1.55. The van der Waals surface area contributed by atoms with E-state index in [2.05, 4.69) is 4.98 Å². The highest BCUT2D eigenvalue weighted by molar-refractivity contribution is 5.84. The molecule has 0 aliphatic heterocycles. The molecule has 2 rings (SSSR count). The van der Waals surface area contributed by atoms with Crippen molar-refractivity contribution < 1.29 is 14.6 Å². The van der Waals surface area contributed by atoms with Crippen molar-refractivity contribution in [1.29, 1.82) is 0 Å². The molecule has 1 aromatic carbocycles. The van der Waals surface area contributed by atoms with Crippen molar-refractivity contribution in [2.45, 2.75) is 6.92 Å². The van der Waals surface area contributed by atoms with Crippen molar-refractivity contribution in [3.63, 3.8) is 0 Å². The van der Waals surface area contributed by atoms with Gasteiger partial charge in [-0.05, 0) is 24.6 Å². The Morgan fingerprint density at radius 3 is 2.88 bits per heavy atom. The summed E-state index contributed by atoms with van der Waals surface area (Å²) < 4.78 is 6.71. The highest BCUT2D eigenvalue weighted by atomic mass is 16.5. The summed E-state index contributed by atoms with van der Waals surface area (Å²) in [5.41, 5.74) is 1.69. The number of benzene rings is 1. The minimum atomic E-state index is -1.07. The zero-order chi connectivity index (χ0) is 12.4. The molecule has 0 aliphatic carbocycles. The summed E-state index contributed by atoms with van der Waals surface area (Å²) in [6, 6.07) is 5.56. The Kier molecular flexibility index (Phi) is 2.82. The highest BCUT2D eigenvalue weighted by Crippen LogP contribution is 2.24. The van der Waals surface area contributed by atoms with Gasteiger partial charge in [0, 0.05) is 12.4 Å². The lowest BCUT2D eigenvalue weighted by Crippen LogP contribution is -2.08. The molecule has 1 heterocycles. The van der Waals surface area contributed by atoms with Gasteiger partial charge in [0.05, 0.1) is 12.8 Å². The molecule has 5 heteroatoms. The monoisotopic (exact) mass is 232 g/mol. The van der Waals surface area contributed by atoms with Crippen LogP contribution in [0.25, 0.3) is 5.69 Å². The Bertz CT molecular complexity index is 561. The van der Waals surface area contributed by atoms with Crippen LogP contribution in [0.15, 0.2) is 30.6 Å². The van der Waals surface area contributed by atoms with Crippen LogP contribution in [0.4, 0.5) is 0 Å². The predicted octanol–water partition coefficient (Wildman–Crippen LogP) is 1.89. The zero-order valence-corrected chi connectivity index (χ0v) is 9.54. The lowest BCUT2D eigenvalue weighted by Gasteiger charge is -2.11. The number of carboxylic acid groups (broad SMARTS) is 1. The molecule has 17 heavy (non-hydrogen) atoms. The van der Waals surface area contributed by atoms with Crippen LogP contribution in [-0.2, 0) is 0 Å². The normalized spacial score (nSPS) is 10.2. The van der Waals surface area contributed by atoms with Crippen LogP contribution in [0, 0.1) is 6.92 Å². The molecular formula is C12H12N2O3. The number of hydrogen-bond donors (Lipinski definition) is 1. The van der Waals surface area contributed by atoms with E-state index >= 15 is 0 Å². The summed E-state index contributed by atoms with van der Waals surface area (Å²) in [6.07, 6.45) is 3.05. The quantitative estimate of drug-likeness (QED) is 0.877. The van der Waals surface area contributed by atoms with Gasteiger partial charge in [0.15, 0.2) is 0 Å². The number of aryl methyl sites for hydroxylation is 1. The summed E-state index contributed by atoms with van der Waals surface area (Å²) >= 11 is 0. The first-order valence-electron chi connectivity index (χ1n) is 5.05. The fourth-order valence-electron chi connectivity index (χ4n) is 1.64. The number of hydrogen-bond acceptors (Lipinski definition) is 3. The van der Waals surface area contributed by atoms with Crippen LogP contribution < -0.4 is 4.74 Å². The second-order valence-electron chi connectivity index (χ2n) is 3.60. The standard InChI is InChI=1S/C12H12N2O3/c1-8-3-4-10(17-2)9(7-8)14-6-5-13-11(14)12(15)16/h3-7H,1-2H3,(H,15,16). The molecule has 0 saturated carbocycles. The Labute approximate surface area is 98.3 Å². The molecule has 0 atom stereocenters. The van der Waals surface area contributed by atoms with Gasteiger partial charge in [0.25, 0.3) is 0 Å². The predicted molar refractivity (Wildman–Crippen MR) is 61.8 cm³/mol. The first kappa shape index (κ1) is 11.2. The number of aromatic carboxylic acids is 1. The average molecular weight is 232 g/mol. The van der Waals surface area contributed by atoms with Crippen LogP contribution in [0.2, 0.25) is 0 Å². The molecule has 88 valence electrons. The average Bonchev–Trinajstić information content (AvgIpc) is 2.77. The molecule has 0 saturated heterocycles. The number of imidazole rings is 1. The molecule has 5 nitrogen and oxygen atoms in total. The summed E-state index contributed by atoms with van der Waals surface area (Å²) in [4.78, 5) is 14.8. The minimum absolute atomic E-state index is 0.0334. The summed E-state index contributed by atoms with van der Waals surface area (Å²) in [6.45, 7) is 1.93. The maximum absolute atomic E-state index is 11.0. The Hall–Kier alpha value is -2.30. The first-order chi connectivity index (χ1) is 8.13. The van der Waals surface area contributed by atoms with Crippen LogP contribution in [0.3, 0.4) is 0 Å². The number of aromatic nitrogens is 2. The van der Waals surface area contributed by atoms with Crippen molar-refractivity contribution in [1.82, 2.24) is 9.55 Å². The second kappa shape index (κ2) is 4.29. The molecular weight excluding hydrogens is 220 g/mol. The van der Waals surface area contributed by atoms with E-state index in [1.54, 1.807) is 19.4 Å². The first-order valence-corrected chi connectivity index (χ1v) is 5.05. The van der Waals surface area contributed by atoms with E-state index in [9.17, 15) is 4.79 Å². The molecule has 0 amide bonds. The van der Waals surface area contributed by atoms with Crippen LogP contribution in [-0.4, -0.2) is 27.7 Å². The van der Waals surface area contributed by atoms with Crippen LogP contribution >= 0.6 is 0 Å². The highest BCUT2D eigenvalue weighted by Gasteiger charge is 2.15. The molecule has 1 aromatic heterocycles. The van der Waals surface area contributed by atoms with Crippen molar-refractivity contribution in [3.05, 3.63) is 42.0 Å². The van der Waals surface area contributed by atoms with E-state index < -0.39 is 5.97 Å². The molecule has 0 bridgehead atoms. The number of methoxy groups -OCH3 is 1. The van der Waals surface area contributed by atoms with Gasteiger partial charge in [0.2, 0.25) is 5.82 Å². The number of ether oxygens (including phenoxy) is 1. The number of nitrogens with zero attached hydrogens (tertiary/aromatic N) is 2. The second-order valence-corrected chi connectivity index (χ2v) is 3.60. The van der Waals surface area contributed by atoms with E-state index in [0.29, 0.717) is 11.4 Å². The van der Waals surface area contributed by atoms with E-state index in [0.717, 1.165) is 5.56 Å². The zero-order valence-electron chi connectivity index (χ0n) is 9.54. The third kappa shape index (κ3) is 1.99. The molecule has 0 unspecified atom stereocenters. The van der Waals surface area contributed by atoms with E-state index in [1.807, 2.05) is 19.1 Å². The van der Waals surface area contributed by atoms with Gasteiger partial charge in [-0.25, -0.2) is 9.78 Å². The fourth-order valence-corrected chi connectivity index (χ4v) is 1.64. The molecule has 0 aliphatic rings. The molecule has 0 radical (unpaired) electrons. The van der Waals surface area contributed by atoms with Crippen molar-refractivity contribution >= 4 is 5.97 Å². The maximum Gasteiger partial charge on any atom is 0.372 e. The smallest absolute Gasteiger partial charge is 0.372 e. The molecule has 1 N–H and O–H groups in total. The van der Waals surface area contributed by atoms with Crippen molar-refractivity contribution in [2.75, 3.05) is 7.11 Å². The number of rotatable bonds is 3. The topological polar surface area (TPSA) is 64.4 Å². The third-order valence-corrected chi connectivity index (χ3v) is 2.43. The Morgan fingerprint density at radius 2 is 2.24 bits per heavy atom. The SMILES string of the molecule is COc1ccc(C)cc1-n1ccnc1C(=O)O. The van der Waals surface area contributed by atoms with E-state index in [4.69, 9.17) is 9.84 Å². The summed E-state index contributed by atoms with van der Waals surface area (Å²) in [5.74, 6) is -0.497. The lowest BCUT2D eigenvalue weighted by molar-refractivity contribution is 0.0681. The number of carbonyl (C=O) groups is 1. The van der Waals surface area contributed by atoms with Gasteiger partial charge < -0.3 is 9.84 Å². The van der Waals surface area contributed by atoms with Gasteiger partial charge in [-0.3, -0.25) is 4.57 Å². The Balaban J connectivity index is 2.63. The summed E-state index contributed by atoms with van der Waals surface area (Å²) in [5, 5.41) is 9.02. The van der Waals surface area contributed by atoms with Crippen LogP contribution in [0.1, 0.15) is 16.2 Å².